The van der Waals surface area contributed by atoms with Gasteiger partial charge in [-0.25, -0.2) is 4.79 Å². The molecular formula is C25H36N4O4. The second kappa shape index (κ2) is 9.08. The molecule has 2 N–H and O–H groups in total. The molecule has 1 aromatic carbocycles. The zero-order valence-corrected chi connectivity index (χ0v) is 20.7. The molecule has 2 heterocycles. The molecule has 0 unspecified atom stereocenters. The Bertz CT molecular complexity index is 998. The number of hydrogen-bond donors (Lipinski definition) is 2. The number of para-hydroxylation sites is 1. The minimum Gasteiger partial charge on any atom is -0.444 e. The number of carbonyl (C=O) groups excluding carboxylic acids is 3. The van der Waals surface area contributed by atoms with Crippen LogP contribution in [0.15, 0.2) is 30.3 Å². The van der Waals surface area contributed by atoms with Crippen molar-refractivity contribution in [3.05, 3.63) is 36.0 Å². The van der Waals surface area contributed by atoms with E-state index < -0.39 is 17.1 Å². The molecule has 3 rings (SSSR count). The number of nitrogens with zero attached hydrogens (tertiary/aromatic N) is 2. The van der Waals surface area contributed by atoms with Gasteiger partial charge in [0.2, 0.25) is 5.91 Å². The van der Waals surface area contributed by atoms with Crippen molar-refractivity contribution in [3.63, 3.8) is 0 Å². The fourth-order valence-electron chi connectivity index (χ4n) is 4.00. The number of rotatable bonds is 3. The number of amides is 3. The quantitative estimate of drug-likeness (QED) is 0.735. The van der Waals surface area contributed by atoms with Crippen LogP contribution in [-0.4, -0.2) is 70.0 Å². The number of ether oxygens (including phenoxy) is 1. The first-order valence-electron chi connectivity index (χ1n) is 11.4. The van der Waals surface area contributed by atoms with E-state index >= 15 is 0 Å². The number of piperazine rings is 1. The van der Waals surface area contributed by atoms with Crippen LogP contribution in [-0.2, 0) is 9.53 Å². The van der Waals surface area contributed by atoms with E-state index in [1.54, 1.807) is 15.9 Å². The normalized spacial score (nSPS) is 18.2. The highest BCUT2D eigenvalue weighted by Gasteiger charge is 2.40. The van der Waals surface area contributed by atoms with Crippen LogP contribution < -0.4 is 5.32 Å². The van der Waals surface area contributed by atoms with E-state index in [1.807, 2.05) is 72.7 Å². The minimum atomic E-state index is -0.716. The fourth-order valence-corrected chi connectivity index (χ4v) is 4.00. The Labute approximate surface area is 195 Å². The van der Waals surface area contributed by atoms with Gasteiger partial charge in [0.05, 0.1) is 0 Å². The first-order valence-corrected chi connectivity index (χ1v) is 11.4. The third-order valence-corrected chi connectivity index (χ3v) is 5.73. The van der Waals surface area contributed by atoms with E-state index in [1.165, 1.54) is 0 Å². The van der Waals surface area contributed by atoms with Crippen LogP contribution in [0.5, 0.6) is 0 Å². The Morgan fingerprint density at radius 1 is 1.09 bits per heavy atom. The first kappa shape index (κ1) is 24.6. The van der Waals surface area contributed by atoms with Crippen molar-refractivity contribution in [3.8, 4) is 0 Å². The van der Waals surface area contributed by atoms with Gasteiger partial charge in [-0.3, -0.25) is 9.59 Å². The summed E-state index contributed by atoms with van der Waals surface area (Å²) in [6.07, 6.45) is -0.374. The van der Waals surface area contributed by atoms with Crippen LogP contribution in [0, 0.1) is 5.41 Å². The lowest BCUT2D eigenvalue weighted by Crippen LogP contribution is -2.62. The van der Waals surface area contributed by atoms with Gasteiger partial charge in [0, 0.05) is 36.6 Å². The van der Waals surface area contributed by atoms with E-state index in [2.05, 4.69) is 10.3 Å². The van der Waals surface area contributed by atoms with Gasteiger partial charge >= 0.3 is 6.09 Å². The molecule has 0 spiro atoms. The number of aromatic amines is 1. The molecule has 2 aromatic rings. The van der Waals surface area contributed by atoms with Gasteiger partial charge in [-0.15, -0.1) is 0 Å². The van der Waals surface area contributed by atoms with Gasteiger partial charge in [-0.1, -0.05) is 39.0 Å². The monoisotopic (exact) mass is 456 g/mol. The smallest absolute Gasteiger partial charge is 0.410 e. The molecule has 0 radical (unpaired) electrons. The van der Waals surface area contributed by atoms with Crippen molar-refractivity contribution in [2.45, 2.75) is 66.2 Å². The molecule has 2 atom stereocenters. The van der Waals surface area contributed by atoms with Crippen LogP contribution >= 0.6 is 0 Å². The molecular weight excluding hydrogens is 420 g/mol. The average molecular weight is 457 g/mol. The second-order valence-corrected chi connectivity index (χ2v) is 10.8. The van der Waals surface area contributed by atoms with Crippen molar-refractivity contribution < 1.29 is 19.1 Å². The lowest BCUT2D eigenvalue weighted by atomic mass is 9.85. The van der Waals surface area contributed by atoms with Gasteiger partial charge in [0.25, 0.3) is 5.91 Å². The van der Waals surface area contributed by atoms with E-state index in [-0.39, 0.29) is 23.9 Å². The van der Waals surface area contributed by atoms with Crippen molar-refractivity contribution >= 4 is 28.8 Å². The lowest BCUT2D eigenvalue weighted by Gasteiger charge is -2.43. The summed E-state index contributed by atoms with van der Waals surface area (Å²) in [5.41, 5.74) is 0.215. The predicted molar refractivity (Wildman–Crippen MR) is 128 cm³/mol. The minimum absolute atomic E-state index is 0.150. The van der Waals surface area contributed by atoms with Crippen molar-refractivity contribution in [1.29, 1.82) is 0 Å². The van der Waals surface area contributed by atoms with Crippen LogP contribution in [0.3, 0.4) is 0 Å². The van der Waals surface area contributed by atoms with E-state index in [4.69, 9.17) is 4.74 Å². The summed E-state index contributed by atoms with van der Waals surface area (Å²) in [7, 11) is 0. The summed E-state index contributed by atoms with van der Waals surface area (Å²) in [6.45, 7) is 14.4. The lowest BCUT2D eigenvalue weighted by molar-refractivity contribution is -0.140. The van der Waals surface area contributed by atoms with Crippen LogP contribution in [0.2, 0.25) is 0 Å². The topological polar surface area (TPSA) is 94.7 Å². The van der Waals surface area contributed by atoms with Gasteiger partial charge in [0.15, 0.2) is 0 Å². The summed E-state index contributed by atoms with van der Waals surface area (Å²) < 4.78 is 5.47. The molecule has 1 saturated heterocycles. The molecule has 8 heteroatoms. The molecule has 0 saturated carbocycles. The maximum absolute atomic E-state index is 13.6. The predicted octanol–water partition coefficient (Wildman–Crippen LogP) is 3.78. The summed E-state index contributed by atoms with van der Waals surface area (Å²) in [6, 6.07) is 8.53. The Morgan fingerprint density at radius 3 is 2.33 bits per heavy atom. The van der Waals surface area contributed by atoms with Crippen molar-refractivity contribution in [2.75, 3.05) is 19.6 Å². The summed E-state index contributed by atoms with van der Waals surface area (Å²) in [5.74, 6) is -0.470. The zero-order valence-electron chi connectivity index (χ0n) is 20.7. The fraction of sp³-hybridized carbons (Fsp3) is 0.560. The van der Waals surface area contributed by atoms with Gasteiger partial charge in [-0.05, 0) is 45.2 Å². The summed E-state index contributed by atoms with van der Waals surface area (Å²) >= 11 is 0. The first-order chi connectivity index (χ1) is 15.3. The number of nitrogens with one attached hydrogen (secondary N) is 2. The van der Waals surface area contributed by atoms with Crippen LogP contribution in [0.4, 0.5) is 4.79 Å². The Morgan fingerprint density at radius 2 is 1.76 bits per heavy atom. The maximum Gasteiger partial charge on any atom is 0.410 e. The van der Waals surface area contributed by atoms with E-state index in [9.17, 15) is 14.4 Å². The number of benzene rings is 1. The standard InChI is InChI=1S/C25H36N4O4/c1-16-15-28(23(32)33-25(5,6)7)12-13-29(16)22(31)20(24(2,3)4)27-21(30)19-14-17-10-8-9-11-18(17)26-19/h8-11,14,16,20,26H,12-13,15H2,1-7H3,(H,27,30)/t16-,20-/m1/s1. The molecule has 33 heavy (non-hydrogen) atoms. The van der Waals surface area contributed by atoms with Crippen molar-refractivity contribution in [1.82, 2.24) is 20.1 Å². The SMILES string of the molecule is C[C@@H]1CN(C(=O)OC(C)(C)C)CCN1C(=O)[C@@H](NC(=O)c1cc2ccccc2[nH]1)C(C)(C)C. The van der Waals surface area contributed by atoms with E-state index in [0.717, 1.165) is 10.9 Å². The molecule has 3 amide bonds. The number of hydrogen-bond acceptors (Lipinski definition) is 4. The molecule has 1 aliphatic rings. The Kier molecular flexibility index (Phi) is 6.77. The maximum atomic E-state index is 13.6. The van der Waals surface area contributed by atoms with Crippen LogP contribution in [0.25, 0.3) is 10.9 Å². The molecule has 0 bridgehead atoms. The summed E-state index contributed by atoms with van der Waals surface area (Å²) in [5, 5.41) is 3.89. The Hall–Kier alpha value is -3.03. The second-order valence-electron chi connectivity index (χ2n) is 10.8. The zero-order chi connectivity index (χ0) is 24.6. The molecule has 8 nitrogen and oxygen atoms in total. The summed E-state index contributed by atoms with van der Waals surface area (Å²) in [4.78, 5) is 45.5. The van der Waals surface area contributed by atoms with Gasteiger partial charge < -0.3 is 24.8 Å². The van der Waals surface area contributed by atoms with Crippen molar-refractivity contribution in [2.24, 2.45) is 5.41 Å². The van der Waals surface area contributed by atoms with Gasteiger partial charge in [-0.2, -0.15) is 0 Å². The Balaban J connectivity index is 1.72. The molecule has 1 fully saturated rings. The van der Waals surface area contributed by atoms with Crippen LogP contribution in [0.1, 0.15) is 59.0 Å². The molecule has 1 aliphatic heterocycles. The number of carbonyl (C=O) groups is 3. The largest absolute Gasteiger partial charge is 0.444 e. The highest BCUT2D eigenvalue weighted by molar-refractivity contribution is 6.00. The highest BCUT2D eigenvalue weighted by atomic mass is 16.6. The highest BCUT2D eigenvalue weighted by Crippen LogP contribution is 2.25. The molecule has 1 aromatic heterocycles. The molecule has 0 aliphatic carbocycles. The third kappa shape index (κ3) is 5.86. The van der Waals surface area contributed by atoms with Gasteiger partial charge in [0.1, 0.15) is 17.3 Å². The number of H-pyrrole nitrogens is 1. The number of fused-ring (bicyclic) bond motifs is 1. The number of aromatic nitrogens is 1. The molecule has 180 valence electrons. The third-order valence-electron chi connectivity index (χ3n) is 5.73. The average Bonchev–Trinajstić information content (AvgIpc) is 3.13. The van der Waals surface area contributed by atoms with E-state index in [0.29, 0.717) is 25.3 Å².